The molecule has 0 atom stereocenters. The predicted octanol–water partition coefficient (Wildman–Crippen LogP) is 1.19. The lowest BCUT2D eigenvalue weighted by Crippen LogP contribution is -2.49. The summed E-state index contributed by atoms with van der Waals surface area (Å²) < 4.78 is 40.0. The van der Waals surface area contributed by atoms with Crippen LogP contribution < -0.4 is 14.4 Å². The largest absolute Gasteiger partial charge is 0.497 e. The Morgan fingerprint density at radius 1 is 0.967 bits per heavy atom. The van der Waals surface area contributed by atoms with Crippen LogP contribution in [0.3, 0.4) is 0 Å². The molecule has 0 aliphatic carbocycles. The van der Waals surface area contributed by atoms with Gasteiger partial charge in [0.25, 0.3) is 0 Å². The number of hydrogen-bond donors (Lipinski definition) is 0. The summed E-state index contributed by atoms with van der Waals surface area (Å²) in [5.74, 6) is 2.24. The molecule has 3 aromatic rings. The summed E-state index contributed by atoms with van der Waals surface area (Å²) in [6.07, 6.45) is 6.65. The number of ether oxygens (including phenoxy) is 2. The van der Waals surface area contributed by atoms with Gasteiger partial charge in [-0.25, -0.2) is 23.4 Å². The number of imidazole rings is 1. The van der Waals surface area contributed by atoms with Gasteiger partial charge in [0.2, 0.25) is 10.0 Å². The Kier molecular flexibility index (Phi) is 5.55. The van der Waals surface area contributed by atoms with Gasteiger partial charge < -0.3 is 14.4 Å². The van der Waals surface area contributed by atoms with Crippen LogP contribution in [0.15, 0.2) is 54.2 Å². The summed E-state index contributed by atoms with van der Waals surface area (Å²) in [5.41, 5.74) is 0. The molecule has 30 heavy (non-hydrogen) atoms. The number of benzene rings is 1. The minimum Gasteiger partial charge on any atom is -0.497 e. The third-order valence-corrected chi connectivity index (χ3v) is 6.90. The third-order valence-electron chi connectivity index (χ3n) is 4.96. The Labute approximate surface area is 174 Å². The molecule has 11 heteroatoms. The average molecular weight is 430 g/mol. The number of aromatic nitrogens is 4. The molecule has 2 aromatic heterocycles. The molecule has 0 bridgehead atoms. The maximum absolute atomic E-state index is 13.2. The van der Waals surface area contributed by atoms with Crippen molar-refractivity contribution in [1.82, 2.24) is 23.8 Å². The van der Waals surface area contributed by atoms with E-state index in [2.05, 4.69) is 15.0 Å². The lowest BCUT2D eigenvalue weighted by atomic mass is 10.3. The number of hydrogen-bond acceptors (Lipinski definition) is 8. The molecule has 0 spiro atoms. The summed E-state index contributed by atoms with van der Waals surface area (Å²) in [6.45, 7) is 1.69. The Morgan fingerprint density at radius 3 is 2.40 bits per heavy atom. The van der Waals surface area contributed by atoms with Gasteiger partial charge in [0.15, 0.2) is 0 Å². The van der Waals surface area contributed by atoms with Crippen LogP contribution in [0.1, 0.15) is 0 Å². The fourth-order valence-corrected chi connectivity index (χ4v) is 4.89. The van der Waals surface area contributed by atoms with E-state index in [1.54, 1.807) is 35.4 Å². The molecule has 0 amide bonds. The van der Waals surface area contributed by atoms with Crippen LogP contribution in [0.2, 0.25) is 0 Å². The smallest absolute Gasteiger partial charge is 0.246 e. The van der Waals surface area contributed by atoms with Crippen LogP contribution in [-0.4, -0.2) is 72.6 Å². The van der Waals surface area contributed by atoms with Crippen molar-refractivity contribution in [3.8, 4) is 17.3 Å². The first-order chi connectivity index (χ1) is 14.5. The van der Waals surface area contributed by atoms with E-state index < -0.39 is 10.0 Å². The van der Waals surface area contributed by atoms with Gasteiger partial charge in [-0.2, -0.15) is 4.31 Å². The number of methoxy groups -OCH3 is 2. The highest BCUT2D eigenvalue weighted by Crippen LogP contribution is 2.31. The molecule has 158 valence electrons. The van der Waals surface area contributed by atoms with E-state index in [0.29, 0.717) is 37.7 Å². The van der Waals surface area contributed by atoms with E-state index in [1.165, 1.54) is 30.9 Å². The van der Waals surface area contributed by atoms with Crippen molar-refractivity contribution in [3.63, 3.8) is 0 Å². The summed E-state index contributed by atoms with van der Waals surface area (Å²) in [4.78, 5) is 14.8. The Hall–Kier alpha value is -3.18. The van der Waals surface area contributed by atoms with E-state index in [4.69, 9.17) is 9.47 Å². The van der Waals surface area contributed by atoms with Crippen molar-refractivity contribution in [1.29, 1.82) is 0 Å². The third kappa shape index (κ3) is 3.81. The zero-order valence-electron chi connectivity index (χ0n) is 16.7. The summed E-state index contributed by atoms with van der Waals surface area (Å²) in [6, 6.07) is 6.56. The second-order valence-electron chi connectivity index (χ2n) is 6.61. The number of rotatable bonds is 6. The van der Waals surface area contributed by atoms with Crippen molar-refractivity contribution in [3.05, 3.63) is 49.3 Å². The first-order valence-corrected chi connectivity index (χ1v) is 10.7. The fraction of sp³-hybridized carbons (Fsp3) is 0.316. The van der Waals surface area contributed by atoms with Crippen molar-refractivity contribution in [2.45, 2.75) is 4.90 Å². The van der Waals surface area contributed by atoms with Crippen LogP contribution in [-0.2, 0) is 10.0 Å². The highest BCUT2D eigenvalue weighted by Gasteiger charge is 2.31. The van der Waals surface area contributed by atoms with E-state index in [-0.39, 0.29) is 10.6 Å². The zero-order valence-corrected chi connectivity index (χ0v) is 17.5. The van der Waals surface area contributed by atoms with Crippen molar-refractivity contribution in [2.75, 3.05) is 45.3 Å². The molecule has 10 nitrogen and oxygen atoms in total. The standard InChI is InChI=1S/C19H22N6O4S/c1-28-15-3-4-17(16(11-15)29-2)30(26,27)25-9-7-23(8-10-25)18-12-19(22-13-21-18)24-6-5-20-14-24/h3-6,11-14H,7-10H2,1-2H3. The van der Waals surface area contributed by atoms with Gasteiger partial charge in [0.1, 0.15) is 40.7 Å². The summed E-state index contributed by atoms with van der Waals surface area (Å²) >= 11 is 0. The normalized spacial score (nSPS) is 15.2. The van der Waals surface area contributed by atoms with Gasteiger partial charge >= 0.3 is 0 Å². The molecule has 4 rings (SSSR count). The minimum absolute atomic E-state index is 0.128. The van der Waals surface area contributed by atoms with Gasteiger partial charge in [-0.15, -0.1) is 0 Å². The number of nitrogens with zero attached hydrogens (tertiary/aromatic N) is 6. The molecule has 1 aromatic carbocycles. The molecule has 0 saturated carbocycles. The molecule has 1 fully saturated rings. The molecule has 0 unspecified atom stereocenters. The number of anilines is 1. The van der Waals surface area contributed by atoms with Crippen LogP contribution in [0.4, 0.5) is 5.82 Å². The average Bonchev–Trinajstić information content (AvgIpc) is 3.34. The predicted molar refractivity (Wildman–Crippen MR) is 110 cm³/mol. The monoisotopic (exact) mass is 430 g/mol. The Balaban J connectivity index is 1.50. The molecule has 1 aliphatic rings. The van der Waals surface area contributed by atoms with Gasteiger partial charge in [0, 0.05) is 50.7 Å². The van der Waals surface area contributed by atoms with Crippen LogP contribution in [0.5, 0.6) is 11.5 Å². The lowest BCUT2D eigenvalue weighted by Gasteiger charge is -2.34. The Morgan fingerprint density at radius 2 is 1.73 bits per heavy atom. The van der Waals surface area contributed by atoms with Crippen molar-refractivity contribution >= 4 is 15.8 Å². The second-order valence-corrected chi connectivity index (χ2v) is 8.52. The number of piperazine rings is 1. The van der Waals surface area contributed by atoms with E-state index in [1.807, 2.05) is 11.0 Å². The molecular formula is C19H22N6O4S. The Bertz CT molecular complexity index is 1110. The van der Waals surface area contributed by atoms with Gasteiger partial charge in [0.05, 0.1) is 14.2 Å². The highest BCUT2D eigenvalue weighted by atomic mass is 32.2. The van der Waals surface area contributed by atoms with Crippen LogP contribution in [0.25, 0.3) is 5.82 Å². The van der Waals surface area contributed by atoms with Gasteiger partial charge in [-0.1, -0.05) is 0 Å². The molecule has 0 radical (unpaired) electrons. The van der Waals surface area contributed by atoms with Crippen LogP contribution in [0, 0.1) is 0 Å². The van der Waals surface area contributed by atoms with Crippen LogP contribution >= 0.6 is 0 Å². The van der Waals surface area contributed by atoms with Gasteiger partial charge in [-0.3, -0.25) is 4.57 Å². The molecular weight excluding hydrogens is 408 g/mol. The summed E-state index contributed by atoms with van der Waals surface area (Å²) in [5, 5.41) is 0. The quantitative estimate of drug-likeness (QED) is 0.575. The fourth-order valence-electron chi connectivity index (χ4n) is 3.33. The maximum atomic E-state index is 13.2. The van der Waals surface area contributed by atoms with E-state index in [0.717, 1.165) is 5.82 Å². The first kappa shape index (κ1) is 20.1. The molecule has 1 saturated heterocycles. The first-order valence-electron chi connectivity index (χ1n) is 9.30. The van der Waals surface area contributed by atoms with Crippen molar-refractivity contribution in [2.24, 2.45) is 0 Å². The summed E-state index contributed by atoms with van der Waals surface area (Å²) in [7, 11) is -0.734. The SMILES string of the molecule is COc1ccc(S(=O)(=O)N2CCN(c3cc(-n4ccnc4)ncn3)CC2)c(OC)c1. The van der Waals surface area contributed by atoms with Crippen molar-refractivity contribution < 1.29 is 17.9 Å². The molecule has 0 N–H and O–H groups in total. The molecule has 1 aliphatic heterocycles. The topological polar surface area (TPSA) is 103 Å². The van der Waals surface area contributed by atoms with E-state index >= 15 is 0 Å². The maximum Gasteiger partial charge on any atom is 0.246 e. The minimum atomic E-state index is -3.70. The van der Waals surface area contributed by atoms with Gasteiger partial charge in [-0.05, 0) is 12.1 Å². The van der Waals surface area contributed by atoms with E-state index in [9.17, 15) is 8.42 Å². The number of sulfonamides is 1. The lowest BCUT2D eigenvalue weighted by molar-refractivity contribution is 0.369. The highest BCUT2D eigenvalue weighted by molar-refractivity contribution is 7.89. The second kappa shape index (κ2) is 8.28. The molecule has 3 heterocycles. The zero-order chi connectivity index (χ0) is 21.1.